The van der Waals surface area contributed by atoms with E-state index in [1.807, 2.05) is 72.8 Å². The molecule has 12 rings (SSSR count). The zero-order chi connectivity index (χ0) is 48.4. The molecule has 0 saturated carbocycles. The third-order valence-corrected chi connectivity index (χ3v) is 23.6. The van der Waals surface area contributed by atoms with E-state index in [0.29, 0.717) is 28.7 Å². The Morgan fingerprint density at radius 2 is 0.875 bits per heavy atom. The van der Waals surface area contributed by atoms with Gasteiger partial charge >= 0.3 is 353 Å². The number of fused-ring (bicyclic) bond motifs is 3. The smallest absolute Gasteiger partial charge is 0.0486 e. The van der Waals surface area contributed by atoms with Crippen molar-refractivity contribution in [3.05, 3.63) is 272 Å². The van der Waals surface area contributed by atoms with Crippen LogP contribution in [-0.2, 0) is 0 Å². The van der Waals surface area contributed by atoms with Gasteiger partial charge in [0.1, 0.15) is 0 Å². The molecular formula is C65H42GeN6. The van der Waals surface area contributed by atoms with Crippen LogP contribution in [0, 0.1) is 17.9 Å². The first kappa shape index (κ1) is 43.8. The standard InChI is InChI=1S/C65H42GeN6/c1-68-56-39-45(44-67)38-51(41-56)50-35-36-61-58(42-50)57-32-17-18-33-60(57)72(61)62-37-34-49(43-59(62)65-70-63(46-20-7-2-8-21-46)69-64(71-65)47-22-9-3-10-23-47)48-24-19-31-55(40-48)66(52-25-11-4-12-26-52,53-27-13-5-14-28-53)54-29-15-6-16-30-54/h2-43H. The maximum Gasteiger partial charge on any atom is -0.0486 e. The van der Waals surface area contributed by atoms with Crippen molar-refractivity contribution in [3.8, 4) is 68.2 Å². The van der Waals surface area contributed by atoms with E-state index in [0.717, 1.165) is 66.4 Å². The second-order valence-electron chi connectivity index (χ2n) is 17.8. The van der Waals surface area contributed by atoms with Gasteiger partial charge in [-0.25, -0.2) is 4.85 Å². The summed E-state index contributed by atoms with van der Waals surface area (Å²) in [6, 6.07) is 91.8. The summed E-state index contributed by atoms with van der Waals surface area (Å²) in [6.07, 6.45) is 0. The normalized spacial score (nSPS) is 11.3. The van der Waals surface area contributed by atoms with E-state index < -0.39 is 13.3 Å². The van der Waals surface area contributed by atoms with Crippen LogP contribution in [0.25, 0.3) is 88.8 Å². The second kappa shape index (κ2) is 18.8. The predicted molar refractivity (Wildman–Crippen MR) is 296 cm³/mol. The van der Waals surface area contributed by atoms with E-state index in [9.17, 15) is 5.26 Å². The van der Waals surface area contributed by atoms with Crippen LogP contribution in [0.2, 0.25) is 0 Å². The van der Waals surface area contributed by atoms with Gasteiger partial charge in [-0.1, -0.05) is 12.1 Å². The van der Waals surface area contributed by atoms with Gasteiger partial charge < -0.3 is 0 Å². The third-order valence-electron chi connectivity index (χ3n) is 13.6. The fraction of sp³-hybridized carbons (Fsp3) is 0. The van der Waals surface area contributed by atoms with Crippen molar-refractivity contribution in [2.75, 3.05) is 0 Å². The van der Waals surface area contributed by atoms with E-state index >= 15 is 0 Å². The fourth-order valence-electron chi connectivity index (χ4n) is 10.3. The largest absolute Gasteiger partial charge is 0.0486 e. The number of rotatable bonds is 10. The number of hydrogen-bond donors (Lipinski definition) is 0. The molecule has 0 bridgehead atoms. The molecule has 0 radical (unpaired) electrons. The summed E-state index contributed by atoms with van der Waals surface area (Å²) >= 11 is -3.63. The second-order valence-corrected chi connectivity index (χ2v) is 25.8. The summed E-state index contributed by atoms with van der Waals surface area (Å²) < 4.78 is 7.70. The number of benzene rings is 10. The van der Waals surface area contributed by atoms with Crippen LogP contribution in [-0.4, -0.2) is 32.8 Å². The Labute approximate surface area is 420 Å². The summed E-state index contributed by atoms with van der Waals surface area (Å²) in [7, 11) is 0. The van der Waals surface area contributed by atoms with E-state index in [-0.39, 0.29) is 0 Å². The summed E-state index contributed by atoms with van der Waals surface area (Å²) in [5, 5.41) is 12.0. The Hall–Kier alpha value is -9.47. The molecule has 10 aromatic carbocycles. The van der Waals surface area contributed by atoms with Gasteiger partial charge in [0.15, 0.2) is 5.69 Å². The van der Waals surface area contributed by atoms with Crippen molar-refractivity contribution in [2.45, 2.75) is 0 Å². The summed E-state index contributed by atoms with van der Waals surface area (Å²) in [4.78, 5) is 19.5. The molecule has 0 aliphatic heterocycles. The van der Waals surface area contributed by atoms with Crippen molar-refractivity contribution in [3.63, 3.8) is 0 Å². The fourth-order valence-corrected chi connectivity index (χ4v) is 20.4. The first-order chi connectivity index (χ1) is 35.6. The maximum absolute atomic E-state index is 9.87. The Kier molecular flexibility index (Phi) is 11.4. The third kappa shape index (κ3) is 7.83. The van der Waals surface area contributed by atoms with E-state index in [1.165, 1.54) is 17.6 Å². The molecule has 0 amide bonds. The van der Waals surface area contributed by atoms with Gasteiger partial charge in [0.25, 0.3) is 0 Å². The number of nitriles is 1. The molecule has 2 aromatic heterocycles. The van der Waals surface area contributed by atoms with Crippen LogP contribution in [0.3, 0.4) is 0 Å². The van der Waals surface area contributed by atoms with Crippen molar-refractivity contribution in [2.24, 2.45) is 0 Å². The monoisotopic (exact) mass is 980 g/mol. The van der Waals surface area contributed by atoms with Gasteiger partial charge in [0.05, 0.1) is 12.6 Å². The molecule has 7 heteroatoms. The van der Waals surface area contributed by atoms with Crippen LogP contribution in [0.5, 0.6) is 0 Å². The molecule has 336 valence electrons. The van der Waals surface area contributed by atoms with E-state index in [1.54, 1.807) is 6.07 Å². The van der Waals surface area contributed by atoms with E-state index in [2.05, 4.69) is 191 Å². The van der Waals surface area contributed by atoms with Gasteiger partial charge in [-0.2, -0.15) is 5.26 Å². The number of para-hydroxylation sites is 1. The topological polar surface area (TPSA) is 71.8 Å². The molecule has 6 nitrogen and oxygen atoms in total. The molecule has 0 N–H and O–H groups in total. The molecule has 0 fully saturated rings. The Bertz CT molecular complexity index is 3860. The van der Waals surface area contributed by atoms with Crippen LogP contribution in [0.4, 0.5) is 5.69 Å². The quantitative estimate of drug-likeness (QED) is 0.101. The average molecular weight is 980 g/mol. The summed E-state index contributed by atoms with van der Waals surface area (Å²) in [5.74, 6) is 1.70. The molecule has 0 saturated heterocycles. The maximum atomic E-state index is 9.87. The molecule has 0 aliphatic carbocycles. The van der Waals surface area contributed by atoms with E-state index in [4.69, 9.17) is 21.5 Å². The number of nitrogens with zero attached hydrogens (tertiary/aromatic N) is 6. The van der Waals surface area contributed by atoms with Crippen LogP contribution < -0.4 is 17.6 Å². The van der Waals surface area contributed by atoms with Crippen molar-refractivity contribution in [1.29, 1.82) is 5.26 Å². The molecule has 12 aromatic rings. The molecule has 2 heterocycles. The first-order valence-electron chi connectivity index (χ1n) is 23.8. The molecule has 72 heavy (non-hydrogen) atoms. The van der Waals surface area contributed by atoms with Crippen molar-refractivity contribution in [1.82, 2.24) is 19.5 Å². The van der Waals surface area contributed by atoms with Crippen molar-refractivity contribution >= 4 is 58.3 Å². The minimum Gasteiger partial charge on any atom is -0.0486 e. The Morgan fingerprint density at radius 1 is 0.389 bits per heavy atom. The SMILES string of the molecule is [C-]#[N+]c1cc(C#N)cc(-c2ccc3c(c2)c2ccccc2n3-c2ccc(-c3ccc[c]([Ge]([c]4ccccc4)([c]4ccccc4)[c]4ccccc4)c3)cc2-c2nc(-c3ccccc3)nc(-c3ccccc3)n2)c1. The molecule has 0 unspecified atom stereocenters. The zero-order valence-electron chi connectivity index (χ0n) is 38.9. The van der Waals surface area contributed by atoms with Crippen LogP contribution in [0.15, 0.2) is 255 Å². The Balaban J connectivity index is 1.12. The van der Waals surface area contributed by atoms with Gasteiger partial charge in [-0.05, 0) is 23.8 Å². The zero-order valence-corrected chi connectivity index (χ0v) is 41.0. The number of hydrogen-bond acceptors (Lipinski definition) is 4. The minimum absolute atomic E-state index is 0.429. The van der Waals surface area contributed by atoms with Gasteiger partial charge in [0.2, 0.25) is 0 Å². The minimum atomic E-state index is -3.63. The molecule has 0 aliphatic rings. The first-order valence-corrected chi connectivity index (χ1v) is 28.0. The Morgan fingerprint density at radius 3 is 1.47 bits per heavy atom. The van der Waals surface area contributed by atoms with Crippen LogP contribution in [0.1, 0.15) is 5.56 Å². The molecule has 0 atom stereocenters. The summed E-state index contributed by atoms with van der Waals surface area (Å²) in [5.41, 5.74) is 10.3. The molecule has 0 spiro atoms. The van der Waals surface area contributed by atoms with Gasteiger partial charge in [-0.3, -0.25) is 0 Å². The van der Waals surface area contributed by atoms with Crippen LogP contribution >= 0.6 is 0 Å². The van der Waals surface area contributed by atoms with Crippen molar-refractivity contribution < 1.29 is 0 Å². The summed E-state index contributed by atoms with van der Waals surface area (Å²) in [6.45, 7) is 7.74. The van der Waals surface area contributed by atoms with Gasteiger partial charge in [-0.15, -0.1) is 0 Å². The number of aromatic nitrogens is 4. The van der Waals surface area contributed by atoms with Gasteiger partial charge in [0, 0.05) is 5.56 Å². The molecular weight excluding hydrogens is 937 g/mol. The predicted octanol–water partition coefficient (Wildman–Crippen LogP) is 13.1. The average Bonchev–Trinajstić information content (AvgIpc) is 3.80.